The Kier molecular flexibility index (Phi) is 4.64. The fourth-order valence-corrected chi connectivity index (χ4v) is 5.89. The molecule has 0 bridgehead atoms. The van der Waals surface area contributed by atoms with Crippen LogP contribution < -0.4 is 5.73 Å². The molecule has 0 unspecified atom stereocenters. The average Bonchev–Trinajstić information content (AvgIpc) is 3.52. The fourth-order valence-electron chi connectivity index (χ4n) is 4.55. The van der Waals surface area contributed by atoms with Crippen LogP contribution in [0.1, 0.15) is 35.7 Å². The largest absolute Gasteiger partial charge is 0.378 e. The van der Waals surface area contributed by atoms with Gasteiger partial charge in [-0.1, -0.05) is 11.8 Å². The Morgan fingerprint density at radius 3 is 2.84 bits per heavy atom. The van der Waals surface area contributed by atoms with Gasteiger partial charge in [0.05, 0.1) is 27.1 Å². The SMILES string of the molecule is C[C@]1(c2cc(Cc3nccc4cc(C#N)cnc34)cnc2F)N=C(N)S[C@@]2(C(F)F)C[C@@H]12. The molecule has 4 heterocycles. The van der Waals surface area contributed by atoms with Gasteiger partial charge in [-0.25, -0.2) is 13.8 Å². The van der Waals surface area contributed by atoms with Crippen molar-refractivity contribution >= 4 is 27.8 Å². The lowest BCUT2D eigenvalue weighted by molar-refractivity contribution is 0.123. The second-order valence-electron chi connectivity index (χ2n) is 8.24. The number of halogens is 3. The van der Waals surface area contributed by atoms with E-state index in [9.17, 15) is 13.2 Å². The van der Waals surface area contributed by atoms with Gasteiger partial charge in [-0.3, -0.25) is 15.0 Å². The van der Waals surface area contributed by atoms with Crippen LogP contribution in [0.15, 0.2) is 41.8 Å². The number of aliphatic imine (C=N–C) groups is 1. The third kappa shape index (κ3) is 3.11. The molecule has 3 aromatic heterocycles. The molecule has 0 aromatic carbocycles. The first kappa shape index (κ1) is 20.7. The number of hydrogen-bond donors (Lipinski definition) is 1. The number of nitrogens with two attached hydrogens (primary N) is 1. The highest BCUT2D eigenvalue weighted by molar-refractivity contribution is 8.15. The molecule has 1 aliphatic heterocycles. The molecule has 10 heteroatoms. The molecule has 162 valence electrons. The Morgan fingerprint density at radius 2 is 2.09 bits per heavy atom. The van der Waals surface area contributed by atoms with E-state index >= 15 is 0 Å². The maximum atomic E-state index is 14.8. The number of amidine groups is 1. The van der Waals surface area contributed by atoms with Gasteiger partial charge in [0, 0.05) is 41.9 Å². The van der Waals surface area contributed by atoms with E-state index in [2.05, 4.69) is 26.0 Å². The van der Waals surface area contributed by atoms with Crippen LogP contribution in [0.25, 0.3) is 10.9 Å². The van der Waals surface area contributed by atoms with E-state index in [-0.39, 0.29) is 17.2 Å². The first-order valence-electron chi connectivity index (χ1n) is 9.88. The van der Waals surface area contributed by atoms with Gasteiger partial charge in [0.15, 0.2) is 5.17 Å². The van der Waals surface area contributed by atoms with Crippen LogP contribution in [0.3, 0.4) is 0 Å². The first-order chi connectivity index (χ1) is 15.3. The average molecular weight is 454 g/mol. The van der Waals surface area contributed by atoms with Crippen LogP contribution in [0.4, 0.5) is 13.2 Å². The summed E-state index contributed by atoms with van der Waals surface area (Å²) < 4.78 is 41.1. The Labute approximate surface area is 185 Å². The number of fused-ring (bicyclic) bond motifs is 2. The van der Waals surface area contributed by atoms with Gasteiger partial charge in [0.1, 0.15) is 6.07 Å². The van der Waals surface area contributed by atoms with Crippen LogP contribution in [-0.4, -0.2) is 31.3 Å². The van der Waals surface area contributed by atoms with Gasteiger partial charge in [-0.05, 0) is 37.1 Å². The van der Waals surface area contributed by atoms with E-state index in [1.165, 1.54) is 12.4 Å². The van der Waals surface area contributed by atoms with E-state index in [0.29, 0.717) is 28.8 Å². The number of aromatic nitrogens is 3. The minimum atomic E-state index is -2.59. The van der Waals surface area contributed by atoms with Crippen molar-refractivity contribution in [3.8, 4) is 6.07 Å². The van der Waals surface area contributed by atoms with Crippen molar-refractivity contribution in [1.82, 2.24) is 15.0 Å². The zero-order chi connectivity index (χ0) is 22.7. The van der Waals surface area contributed by atoms with Crippen LogP contribution in [-0.2, 0) is 12.0 Å². The zero-order valence-corrected chi connectivity index (χ0v) is 17.7. The lowest BCUT2D eigenvalue weighted by atomic mass is 9.86. The molecular weight excluding hydrogens is 437 g/mol. The molecule has 32 heavy (non-hydrogen) atoms. The van der Waals surface area contributed by atoms with Gasteiger partial charge >= 0.3 is 0 Å². The normalized spacial score (nSPS) is 26.5. The van der Waals surface area contributed by atoms with Crippen molar-refractivity contribution in [2.45, 2.75) is 36.5 Å². The number of nitriles is 1. The Bertz CT molecular complexity index is 1320. The Morgan fingerprint density at radius 1 is 1.28 bits per heavy atom. The molecule has 2 N–H and O–H groups in total. The number of thioether (sulfide) groups is 1. The third-order valence-electron chi connectivity index (χ3n) is 6.25. The van der Waals surface area contributed by atoms with Gasteiger partial charge < -0.3 is 5.73 Å². The Balaban J connectivity index is 1.54. The van der Waals surface area contributed by atoms with Crippen LogP contribution in [0.2, 0.25) is 0 Å². The summed E-state index contributed by atoms with van der Waals surface area (Å²) in [6.45, 7) is 1.64. The van der Waals surface area contributed by atoms with Gasteiger partial charge in [-0.2, -0.15) is 9.65 Å². The number of nitrogens with zero attached hydrogens (tertiary/aromatic N) is 5. The summed E-state index contributed by atoms with van der Waals surface area (Å²) in [7, 11) is 0. The van der Waals surface area contributed by atoms with Crippen LogP contribution in [0.5, 0.6) is 0 Å². The van der Waals surface area contributed by atoms with E-state index in [1.807, 2.05) is 0 Å². The van der Waals surface area contributed by atoms with Gasteiger partial charge in [0.2, 0.25) is 5.95 Å². The fraction of sp³-hybridized carbons (Fsp3) is 0.318. The number of hydrogen-bond acceptors (Lipinski definition) is 7. The highest BCUT2D eigenvalue weighted by Gasteiger charge is 2.71. The summed E-state index contributed by atoms with van der Waals surface area (Å²) in [5, 5.41) is 9.87. The third-order valence-corrected chi connectivity index (χ3v) is 7.56. The topological polar surface area (TPSA) is 101 Å². The van der Waals surface area contributed by atoms with E-state index < -0.39 is 28.6 Å². The second-order valence-corrected chi connectivity index (χ2v) is 9.62. The minimum absolute atomic E-state index is 0.0274. The standard InChI is InChI=1S/C22H17F3N6S/c1-21(16-7-22(16,19(24)25)32-20(27)31-21)14-5-11(9-30-18(14)23)6-15-17-13(2-3-28-15)4-12(8-26)10-29-17/h2-5,9-10,16,19H,6-7H2,1H3,(H2,27,31)/t16-,21+,22-/m0/s1. The highest BCUT2D eigenvalue weighted by Crippen LogP contribution is 2.68. The maximum Gasteiger partial charge on any atom is 0.253 e. The van der Waals surface area contributed by atoms with Crippen molar-refractivity contribution in [2.75, 3.05) is 0 Å². The molecular formula is C22H17F3N6S. The molecule has 6 nitrogen and oxygen atoms in total. The van der Waals surface area contributed by atoms with Crippen LogP contribution in [0, 0.1) is 23.2 Å². The lowest BCUT2D eigenvalue weighted by Gasteiger charge is -2.33. The predicted octanol–water partition coefficient (Wildman–Crippen LogP) is 3.93. The molecule has 1 aliphatic carbocycles. The maximum absolute atomic E-state index is 14.8. The molecule has 3 atom stereocenters. The smallest absolute Gasteiger partial charge is 0.253 e. The van der Waals surface area contributed by atoms with Crippen molar-refractivity contribution in [3.05, 3.63) is 65.1 Å². The van der Waals surface area contributed by atoms with Crippen molar-refractivity contribution in [2.24, 2.45) is 16.6 Å². The molecule has 0 amide bonds. The van der Waals surface area contributed by atoms with Crippen LogP contribution >= 0.6 is 11.8 Å². The first-order valence-corrected chi connectivity index (χ1v) is 10.7. The molecule has 1 fully saturated rings. The molecule has 0 saturated heterocycles. The van der Waals surface area contributed by atoms with Gasteiger partial charge in [0.25, 0.3) is 6.43 Å². The van der Waals surface area contributed by atoms with Crippen molar-refractivity contribution < 1.29 is 13.2 Å². The molecule has 3 aromatic rings. The Hall–Kier alpha value is -3.19. The summed E-state index contributed by atoms with van der Waals surface area (Å²) in [6, 6.07) is 7.14. The number of pyridine rings is 3. The minimum Gasteiger partial charge on any atom is -0.378 e. The molecule has 2 aliphatic rings. The molecule has 0 radical (unpaired) electrons. The second kappa shape index (κ2) is 7.17. The zero-order valence-electron chi connectivity index (χ0n) is 16.9. The summed E-state index contributed by atoms with van der Waals surface area (Å²) in [6.07, 6.45) is 2.39. The molecule has 0 spiro atoms. The molecule has 5 rings (SSSR count). The van der Waals surface area contributed by atoms with Crippen molar-refractivity contribution in [3.63, 3.8) is 0 Å². The predicted molar refractivity (Wildman–Crippen MR) is 115 cm³/mol. The highest BCUT2D eigenvalue weighted by atomic mass is 32.2. The number of alkyl halides is 2. The summed E-state index contributed by atoms with van der Waals surface area (Å²) >= 11 is 0.879. The lowest BCUT2D eigenvalue weighted by Crippen LogP contribution is -2.39. The van der Waals surface area contributed by atoms with E-state index in [0.717, 1.165) is 17.1 Å². The van der Waals surface area contributed by atoms with Crippen molar-refractivity contribution in [1.29, 1.82) is 5.26 Å². The van der Waals surface area contributed by atoms with E-state index in [4.69, 9.17) is 11.0 Å². The monoisotopic (exact) mass is 454 g/mol. The van der Waals surface area contributed by atoms with E-state index in [1.54, 1.807) is 31.3 Å². The summed E-state index contributed by atoms with van der Waals surface area (Å²) in [4.78, 5) is 17.0. The summed E-state index contributed by atoms with van der Waals surface area (Å²) in [5.74, 6) is -1.29. The quantitative estimate of drug-likeness (QED) is 0.600. The van der Waals surface area contributed by atoms with Gasteiger partial charge in [-0.15, -0.1) is 0 Å². The molecule has 1 saturated carbocycles. The number of rotatable bonds is 4. The summed E-state index contributed by atoms with van der Waals surface area (Å²) in [5.41, 5.74) is 7.13.